The second-order valence-corrected chi connectivity index (χ2v) is 7.76. The normalized spacial score (nSPS) is 14.4. The van der Waals surface area contributed by atoms with E-state index in [1.807, 2.05) is 0 Å². The molecule has 144 valence electrons. The lowest BCUT2D eigenvalue weighted by Crippen LogP contribution is -2.34. The van der Waals surface area contributed by atoms with Crippen molar-refractivity contribution in [2.24, 2.45) is 0 Å². The third-order valence-corrected chi connectivity index (χ3v) is 5.60. The maximum atomic E-state index is 12.5. The zero-order valence-electron chi connectivity index (χ0n) is 15.1. The summed E-state index contributed by atoms with van der Waals surface area (Å²) in [6.45, 7) is 6.91. The zero-order valence-corrected chi connectivity index (χ0v) is 16.0. The second-order valence-electron chi connectivity index (χ2n) is 5.57. The Balaban J connectivity index is 2.75. The average Bonchev–Trinajstić information content (AvgIpc) is 2.52. The fraction of sp³-hybridized carbons (Fsp3) is 0.733. The maximum absolute atomic E-state index is 12.5. The molecule has 0 aromatic carbocycles. The van der Waals surface area contributed by atoms with Crippen LogP contribution in [0.5, 0.6) is 0 Å². The molecule has 1 rings (SSSR count). The Bertz CT molecular complexity index is 688. The molecule has 0 aliphatic heterocycles. The van der Waals surface area contributed by atoms with Gasteiger partial charge in [0.15, 0.2) is 0 Å². The van der Waals surface area contributed by atoms with Crippen molar-refractivity contribution in [2.45, 2.75) is 53.1 Å². The van der Waals surface area contributed by atoms with Crippen molar-refractivity contribution in [1.29, 1.82) is 0 Å². The van der Waals surface area contributed by atoms with Gasteiger partial charge in [-0.2, -0.15) is 0 Å². The minimum Gasteiger partial charge on any atom is -0.391 e. The van der Waals surface area contributed by atoms with E-state index in [2.05, 4.69) is 4.98 Å². The largest absolute Gasteiger partial charge is 0.391 e. The molecule has 2 atom stereocenters. The van der Waals surface area contributed by atoms with Crippen LogP contribution in [0.3, 0.4) is 0 Å². The van der Waals surface area contributed by atoms with E-state index in [9.17, 15) is 19.3 Å². The molecular weight excluding hydrogens is 351 g/mol. The van der Waals surface area contributed by atoms with Crippen LogP contribution in [0, 0.1) is 6.92 Å². The van der Waals surface area contributed by atoms with Crippen molar-refractivity contribution in [2.75, 3.05) is 19.4 Å². The molecule has 1 heterocycles. The number of aromatic nitrogens is 2. The summed E-state index contributed by atoms with van der Waals surface area (Å²) in [6.07, 6.45) is 0.172. The predicted octanol–water partition coefficient (Wildman–Crippen LogP) is 1.22. The van der Waals surface area contributed by atoms with Crippen molar-refractivity contribution in [3.63, 3.8) is 0 Å². The first-order valence-corrected chi connectivity index (χ1v) is 9.93. The Morgan fingerprint density at radius 1 is 1.28 bits per heavy atom. The summed E-state index contributed by atoms with van der Waals surface area (Å²) in [6, 6.07) is 0. The Labute approximate surface area is 146 Å². The molecule has 0 bridgehead atoms. The number of aromatic amines is 1. The van der Waals surface area contributed by atoms with Crippen molar-refractivity contribution in [1.82, 2.24) is 9.55 Å². The first-order chi connectivity index (χ1) is 11.7. The minimum atomic E-state index is -3.24. The Kier molecular flexibility index (Phi) is 8.75. The second kappa shape index (κ2) is 10.0. The lowest BCUT2D eigenvalue weighted by Gasteiger charge is -2.23. The lowest BCUT2D eigenvalue weighted by atomic mass is 10.2. The molecule has 0 fully saturated rings. The topological polar surface area (TPSA) is 120 Å². The van der Waals surface area contributed by atoms with Gasteiger partial charge in [-0.1, -0.05) is 0 Å². The summed E-state index contributed by atoms with van der Waals surface area (Å²) >= 11 is 0. The van der Waals surface area contributed by atoms with Gasteiger partial charge in [0.25, 0.3) is 5.56 Å². The summed E-state index contributed by atoms with van der Waals surface area (Å²) < 4.78 is 29.7. The number of nitrogens with one attached hydrogen (secondary N) is 1. The minimum absolute atomic E-state index is 0.0871. The fourth-order valence-electron chi connectivity index (χ4n) is 2.20. The van der Waals surface area contributed by atoms with E-state index in [4.69, 9.17) is 13.8 Å². The van der Waals surface area contributed by atoms with Crippen LogP contribution in [-0.4, -0.2) is 46.2 Å². The Morgan fingerprint density at radius 2 is 1.88 bits per heavy atom. The molecule has 2 N–H and O–H groups in total. The number of hydrogen-bond donors (Lipinski definition) is 2. The van der Waals surface area contributed by atoms with E-state index in [1.165, 1.54) is 17.7 Å². The molecule has 9 nitrogen and oxygen atoms in total. The van der Waals surface area contributed by atoms with Gasteiger partial charge in [-0.25, -0.2) is 4.79 Å². The van der Waals surface area contributed by atoms with Crippen LogP contribution in [0.25, 0.3) is 0 Å². The first kappa shape index (κ1) is 21.8. The van der Waals surface area contributed by atoms with Crippen LogP contribution in [0.2, 0.25) is 0 Å². The molecule has 0 radical (unpaired) electrons. The SMILES string of the molecule is CCOP(=O)(CC[C@@H](OCn1cc(C)c(=O)[nH]c1=O)[C@H](C)O)OCC. The van der Waals surface area contributed by atoms with Gasteiger partial charge < -0.3 is 18.9 Å². The van der Waals surface area contributed by atoms with Crippen molar-refractivity contribution >= 4 is 7.60 Å². The Hall–Kier alpha value is -1.25. The van der Waals surface area contributed by atoms with E-state index in [0.717, 1.165) is 0 Å². The molecular formula is C15H27N2O7P. The van der Waals surface area contributed by atoms with E-state index >= 15 is 0 Å². The molecule has 0 unspecified atom stereocenters. The molecule has 0 saturated heterocycles. The molecule has 0 spiro atoms. The van der Waals surface area contributed by atoms with Gasteiger partial charge in [0, 0.05) is 11.8 Å². The maximum Gasteiger partial charge on any atom is 0.330 e. The summed E-state index contributed by atoms with van der Waals surface area (Å²) in [4.78, 5) is 25.3. The molecule has 0 aliphatic carbocycles. The van der Waals surface area contributed by atoms with Gasteiger partial charge in [-0.05, 0) is 34.1 Å². The molecule has 1 aromatic heterocycles. The number of hydrogen-bond acceptors (Lipinski definition) is 7. The third-order valence-electron chi connectivity index (χ3n) is 3.49. The van der Waals surface area contributed by atoms with Crippen LogP contribution in [0.4, 0.5) is 0 Å². The van der Waals surface area contributed by atoms with Crippen molar-refractivity contribution in [3.05, 3.63) is 32.6 Å². The van der Waals surface area contributed by atoms with Gasteiger partial charge in [0.1, 0.15) is 6.73 Å². The van der Waals surface area contributed by atoms with Gasteiger partial charge in [0.2, 0.25) is 0 Å². The molecule has 0 amide bonds. The van der Waals surface area contributed by atoms with E-state index in [1.54, 1.807) is 20.8 Å². The highest BCUT2D eigenvalue weighted by molar-refractivity contribution is 7.53. The van der Waals surface area contributed by atoms with E-state index < -0.39 is 31.1 Å². The highest BCUT2D eigenvalue weighted by Gasteiger charge is 2.27. The van der Waals surface area contributed by atoms with Crippen molar-refractivity contribution < 1.29 is 23.5 Å². The summed E-state index contributed by atoms with van der Waals surface area (Å²) in [5.41, 5.74) is -0.689. The number of aliphatic hydroxyl groups is 1. The van der Waals surface area contributed by atoms with E-state index in [0.29, 0.717) is 5.56 Å². The molecule has 1 aromatic rings. The average molecular weight is 378 g/mol. The number of aryl methyl sites for hydroxylation is 1. The fourth-order valence-corrected chi connectivity index (χ4v) is 3.89. The zero-order chi connectivity index (χ0) is 19.0. The van der Waals surface area contributed by atoms with Crippen LogP contribution in [0.1, 0.15) is 32.8 Å². The van der Waals surface area contributed by atoms with Crippen LogP contribution < -0.4 is 11.2 Å². The van der Waals surface area contributed by atoms with Gasteiger partial charge in [-0.15, -0.1) is 0 Å². The first-order valence-electron chi connectivity index (χ1n) is 8.20. The third kappa shape index (κ3) is 6.87. The molecule has 0 aliphatic rings. The number of rotatable bonds is 11. The highest BCUT2D eigenvalue weighted by Crippen LogP contribution is 2.48. The Morgan fingerprint density at radius 3 is 2.40 bits per heavy atom. The summed E-state index contributed by atoms with van der Waals surface area (Å²) in [7, 11) is -3.24. The van der Waals surface area contributed by atoms with Crippen LogP contribution >= 0.6 is 7.60 Å². The predicted molar refractivity (Wildman–Crippen MR) is 93.0 cm³/mol. The summed E-state index contributed by atoms with van der Waals surface area (Å²) in [5.74, 6) is 0. The number of ether oxygens (including phenoxy) is 1. The molecule has 0 saturated carbocycles. The number of nitrogens with zero attached hydrogens (tertiary/aromatic N) is 1. The number of H-pyrrole nitrogens is 1. The van der Waals surface area contributed by atoms with Crippen LogP contribution in [0.15, 0.2) is 15.8 Å². The lowest BCUT2D eigenvalue weighted by molar-refractivity contribution is -0.0612. The van der Waals surface area contributed by atoms with Gasteiger partial charge in [0.05, 0.1) is 31.6 Å². The van der Waals surface area contributed by atoms with Gasteiger partial charge >= 0.3 is 13.3 Å². The quantitative estimate of drug-likeness (QED) is 0.556. The summed E-state index contributed by atoms with van der Waals surface area (Å²) in [5, 5.41) is 9.87. The standard InChI is InChI=1S/C15H27N2O7P/c1-5-23-25(21,24-6-2)8-7-13(12(4)18)22-10-17-9-11(3)14(19)16-15(17)20/h9,12-13,18H,5-8,10H2,1-4H3,(H,16,19,20)/t12-,13+/m0/s1. The molecule has 25 heavy (non-hydrogen) atoms. The van der Waals surface area contributed by atoms with Gasteiger partial charge in [-0.3, -0.25) is 18.9 Å². The molecule has 10 heteroatoms. The monoisotopic (exact) mass is 378 g/mol. The highest BCUT2D eigenvalue weighted by atomic mass is 31.2. The van der Waals surface area contributed by atoms with Crippen LogP contribution in [-0.2, 0) is 25.1 Å². The van der Waals surface area contributed by atoms with Crippen molar-refractivity contribution in [3.8, 4) is 0 Å². The smallest absolute Gasteiger partial charge is 0.330 e. The van der Waals surface area contributed by atoms with E-state index in [-0.39, 0.29) is 32.5 Å². The number of aliphatic hydroxyl groups excluding tert-OH is 1.